The van der Waals surface area contributed by atoms with Crippen LogP contribution in [0, 0.1) is 5.41 Å². The lowest BCUT2D eigenvalue weighted by Crippen LogP contribution is -2.44. The summed E-state index contributed by atoms with van der Waals surface area (Å²) in [5.41, 5.74) is -0.0294. The summed E-state index contributed by atoms with van der Waals surface area (Å²) < 4.78 is 0. The van der Waals surface area contributed by atoms with E-state index < -0.39 is 18.0 Å². The molecule has 0 rings (SSSR count). The number of hydrogen-bond donors (Lipinski definition) is 3. The molecule has 0 aromatic heterocycles. The van der Waals surface area contributed by atoms with Crippen molar-refractivity contribution in [3.63, 3.8) is 0 Å². The molecule has 1 unspecified atom stereocenters. The lowest BCUT2D eigenvalue weighted by molar-refractivity contribution is -0.139. The van der Waals surface area contributed by atoms with Gasteiger partial charge < -0.3 is 15.7 Å². The van der Waals surface area contributed by atoms with Crippen LogP contribution >= 0.6 is 11.8 Å². The molecule has 1 atom stereocenters. The predicted octanol–water partition coefficient (Wildman–Crippen LogP) is 2.05. The van der Waals surface area contributed by atoms with Gasteiger partial charge in [-0.3, -0.25) is 0 Å². The molecule has 0 aromatic carbocycles. The first kappa shape index (κ1) is 16.8. The third-order valence-corrected chi connectivity index (χ3v) is 2.66. The van der Waals surface area contributed by atoms with Gasteiger partial charge in [-0.05, 0) is 23.8 Å². The second-order valence-electron chi connectivity index (χ2n) is 4.99. The number of carbonyl (C=O) groups excluding carboxylic acids is 1. The predicted molar refractivity (Wildman–Crippen MR) is 74.7 cm³/mol. The summed E-state index contributed by atoms with van der Waals surface area (Å²) in [6, 6.07) is -1.34. The highest BCUT2D eigenvalue weighted by Gasteiger charge is 2.18. The van der Waals surface area contributed by atoms with E-state index in [1.807, 2.05) is 33.1 Å². The van der Waals surface area contributed by atoms with Crippen molar-refractivity contribution < 1.29 is 14.7 Å². The number of allylic oxidation sites excluding steroid dienone is 1. The molecule has 3 N–H and O–H groups in total. The van der Waals surface area contributed by atoms with Gasteiger partial charge in [0.25, 0.3) is 0 Å². The molecule has 0 aliphatic heterocycles. The largest absolute Gasteiger partial charge is 0.480 e. The van der Waals surface area contributed by atoms with Crippen LogP contribution in [-0.4, -0.2) is 35.2 Å². The minimum Gasteiger partial charge on any atom is -0.480 e. The van der Waals surface area contributed by atoms with Crippen molar-refractivity contribution in [1.82, 2.24) is 10.6 Å². The van der Waals surface area contributed by atoms with Crippen molar-refractivity contribution in [3.05, 3.63) is 12.3 Å². The normalized spacial score (nSPS) is 13.3. The Bertz CT molecular complexity index is 311. The summed E-state index contributed by atoms with van der Waals surface area (Å²) in [5.74, 6) is -0.325. The number of nitrogens with one attached hydrogen (secondary N) is 2. The van der Waals surface area contributed by atoms with Crippen LogP contribution < -0.4 is 10.6 Å². The highest BCUT2D eigenvalue weighted by Crippen LogP contribution is 2.13. The van der Waals surface area contributed by atoms with Crippen molar-refractivity contribution in [2.45, 2.75) is 33.2 Å². The van der Waals surface area contributed by atoms with Crippen molar-refractivity contribution in [2.75, 3.05) is 12.0 Å². The van der Waals surface area contributed by atoms with E-state index in [1.54, 1.807) is 11.8 Å². The van der Waals surface area contributed by atoms with Gasteiger partial charge in [0.1, 0.15) is 6.04 Å². The highest BCUT2D eigenvalue weighted by atomic mass is 32.2. The van der Waals surface area contributed by atoms with E-state index in [4.69, 9.17) is 5.11 Å². The van der Waals surface area contributed by atoms with Gasteiger partial charge in [0, 0.05) is 6.20 Å². The van der Waals surface area contributed by atoms with Gasteiger partial charge in [-0.2, -0.15) is 11.8 Å². The fourth-order valence-electron chi connectivity index (χ4n) is 1.06. The summed E-state index contributed by atoms with van der Waals surface area (Å²) in [6.07, 6.45) is 5.67. The summed E-state index contributed by atoms with van der Waals surface area (Å²) in [5, 5.41) is 13.9. The molecule has 2 amide bonds. The van der Waals surface area contributed by atoms with Crippen LogP contribution in [0.2, 0.25) is 0 Å². The smallest absolute Gasteiger partial charge is 0.326 e. The van der Waals surface area contributed by atoms with Crippen LogP contribution in [0.15, 0.2) is 12.3 Å². The van der Waals surface area contributed by atoms with Gasteiger partial charge in [-0.1, -0.05) is 26.8 Å². The quantitative estimate of drug-likeness (QED) is 0.692. The van der Waals surface area contributed by atoms with Crippen molar-refractivity contribution in [1.29, 1.82) is 0 Å². The van der Waals surface area contributed by atoms with E-state index in [2.05, 4.69) is 10.6 Å². The van der Waals surface area contributed by atoms with Crippen molar-refractivity contribution >= 4 is 23.8 Å². The lowest BCUT2D eigenvalue weighted by atomic mass is 9.97. The molecule has 0 aliphatic carbocycles. The maximum Gasteiger partial charge on any atom is 0.326 e. The van der Waals surface area contributed by atoms with Crippen LogP contribution in [0.25, 0.3) is 0 Å². The van der Waals surface area contributed by atoms with Crippen LogP contribution in [-0.2, 0) is 4.79 Å². The molecule has 0 saturated heterocycles. The number of urea groups is 1. The lowest BCUT2D eigenvalue weighted by Gasteiger charge is -2.14. The van der Waals surface area contributed by atoms with E-state index in [0.717, 1.165) is 0 Å². The fraction of sp³-hybridized carbons (Fsp3) is 0.667. The number of hydrogen-bond acceptors (Lipinski definition) is 3. The van der Waals surface area contributed by atoms with Gasteiger partial charge in [0.15, 0.2) is 0 Å². The van der Waals surface area contributed by atoms with Crippen LogP contribution in [0.3, 0.4) is 0 Å². The Labute approximate surface area is 112 Å². The van der Waals surface area contributed by atoms with E-state index in [1.165, 1.54) is 6.20 Å². The minimum absolute atomic E-state index is 0.0294. The van der Waals surface area contributed by atoms with Gasteiger partial charge in [-0.25, -0.2) is 9.59 Å². The molecule has 18 heavy (non-hydrogen) atoms. The molecule has 0 heterocycles. The number of amides is 2. The number of carbonyl (C=O) groups is 2. The molecule has 0 bridgehead atoms. The molecule has 0 saturated carbocycles. The molecule has 6 heteroatoms. The van der Waals surface area contributed by atoms with Crippen molar-refractivity contribution in [2.24, 2.45) is 5.41 Å². The Morgan fingerprint density at radius 2 is 2.00 bits per heavy atom. The fourth-order valence-corrected chi connectivity index (χ4v) is 1.53. The minimum atomic E-state index is -1.01. The first-order chi connectivity index (χ1) is 8.26. The van der Waals surface area contributed by atoms with Gasteiger partial charge in [-0.15, -0.1) is 0 Å². The molecule has 0 fully saturated rings. The molecular formula is C12H22N2O3S. The van der Waals surface area contributed by atoms with E-state index in [0.29, 0.717) is 12.2 Å². The average Bonchev–Trinajstić information content (AvgIpc) is 2.21. The topological polar surface area (TPSA) is 78.4 Å². The Balaban J connectivity index is 4.18. The highest BCUT2D eigenvalue weighted by molar-refractivity contribution is 7.98. The first-order valence-corrected chi connectivity index (χ1v) is 7.12. The van der Waals surface area contributed by atoms with Crippen LogP contribution in [0.5, 0.6) is 0 Å². The Morgan fingerprint density at radius 1 is 1.39 bits per heavy atom. The number of aliphatic carboxylic acids is 1. The molecule has 0 spiro atoms. The summed E-state index contributed by atoms with van der Waals surface area (Å²) in [7, 11) is 0. The van der Waals surface area contributed by atoms with Gasteiger partial charge >= 0.3 is 12.0 Å². The van der Waals surface area contributed by atoms with Crippen LogP contribution in [0.1, 0.15) is 27.2 Å². The summed E-state index contributed by atoms with van der Waals surface area (Å²) in [6.45, 7) is 6.00. The zero-order valence-electron chi connectivity index (χ0n) is 11.3. The van der Waals surface area contributed by atoms with Crippen molar-refractivity contribution in [3.8, 4) is 0 Å². The Morgan fingerprint density at radius 3 is 2.44 bits per heavy atom. The molecule has 5 nitrogen and oxygen atoms in total. The number of carboxylic acid groups (broad SMARTS) is 1. The monoisotopic (exact) mass is 274 g/mol. The number of rotatable bonds is 6. The van der Waals surface area contributed by atoms with E-state index in [9.17, 15) is 9.59 Å². The molecule has 0 aliphatic rings. The zero-order valence-corrected chi connectivity index (χ0v) is 12.1. The Kier molecular flexibility index (Phi) is 7.50. The standard InChI is InChI=1S/C12H22N2O3S/c1-12(2,3)6-7-13-11(17)14-9(10(15)16)5-8-18-4/h6-7,9H,5,8H2,1-4H3,(H,15,16)(H2,13,14,17)/b7-6+. The second kappa shape index (κ2) is 8.02. The number of thioether (sulfide) groups is 1. The van der Waals surface area contributed by atoms with Crippen LogP contribution in [0.4, 0.5) is 4.79 Å². The maximum absolute atomic E-state index is 11.5. The van der Waals surface area contributed by atoms with Gasteiger partial charge in [0.2, 0.25) is 0 Å². The Hall–Kier alpha value is -1.17. The third-order valence-electron chi connectivity index (χ3n) is 2.01. The number of carboxylic acids is 1. The molecule has 0 radical (unpaired) electrons. The average molecular weight is 274 g/mol. The molecule has 104 valence electrons. The molecular weight excluding hydrogens is 252 g/mol. The zero-order chi connectivity index (χ0) is 14.2. The summed E-state index contributed by atoms with van der Waals surface area (Å²) >= 11 is 1.55. The summed E-state index contributed by atoms with van der Waals surface area (Å²) in [4.78, 5) is 22.4. The SMILES string of the molecule is CSCCC(NC(=O)N/C=C/C(C)(C)C)C(=O)O. The maximum atomic E-state index is 11.5. The van der Waals surface area contributed by atoms with E-state index in [-0.39, 0.29) is 5.41 Å². The second-order valence-corrected chi connectivity index (χ2v) is 5.98. The van der Waals surface area contributed by atoms with Gasteiger partial charge in [0.05, 0.1) is 0 Å². The van der Waals surface area contributed by atoms with E-state index >= 15 is 0 Å². The third kappa shape index (κ3) is 8.92. The molecule has 0 aromatic rings. The first-order valence-electron chi connectivity index (χ1n) is 5.73.